The summed E-state index contributed by atoms with van der Waals surface area (Å²) in [4.78, 5) is 2.68. The smallest absolute Gasteiger partial charge is 0.0361 e. The molecule has 1 aliphatic rings. The highest BCUT2D eigenvalue weighted by molar-refractivity contribution is 7.99. The van der Waals surface area contributed by atoms with Crippen LogP contribution in [-0.4, -0.2) is 0 Å². The highest BCUT2D eigenvalue weighted by Gasteiger charge is 2.19. The molecule has 1 aromatic heterocycles. The molecule has 0 spiro atoms. The third-order valence-electron chi connectivity index (χ3n) is 7.29. The van der Waals surface area contributed by atoms with Crippen molar-refractivity contribution in [2.24, 2.45) is 0 Å². The fourth-order valence-corrected chi connectivity index (χ4v) is 7.86. The zero-order chi connectivity index (χ0) is 23.6. The topological polar surface area (TPSA) is 0 Å². The molecule has 0 unspecified atom stereocenters. The maximum absolute atomic E-state index is 2.37. The Morgan fingerprint density at radius 2 is 1.14 bits per heavy atom. The number of thiophene rings is 1. The fraction of sp³-hybridized carbons (Fsp3) is 0. The van der Waals surface area contributed by atoms with Gasteiger partial charge in [-0.15, -0.1) is 11.3 Å². The zero-order valence-corrected chi connectivity index (χ0v) is 21.0. The van der Waals surface area contributed by atoms with Gasteiger partial charge in [-0.25, -0.2) is 0 Å². The molecule has 168 valence electrons. The molecular formula is C34H20S2. The van der Waals surface area contributed by atoms with Gasteiger partial charge in [0.15, 0.2) is 0 Å². The molecule has 0 saturated heterocycles. The van der Waals surface area contributed by atoms with Gasteiger partial charge < -0.3 is 0 Å². The highest BCUT2D eigenvalue weighted by atomic mass is 32.2. The van der Waals surface area contributed by atoms with E-state index in [2.05, 4.69) is 121 Å². The summed E-state index contributed by atoms with van der Waals surface area (Å²) >= 11 is 3.76. The van der Waals surface area contributed by atoms with Crippen molar-refractivity contribution in [3.05, 3.63) is 121 Å². The van der Waals surface area contributed by atoms with Gasteiger partial charge in [0, 0.05) is 35.3 Å². The predicted octanol–water partition coefficient (Wildman–Crippen LogP) is 10.7. The van der Waals surface area contributed by atoms with E-state index in [1.54, 1.807) is 0 Å². The minimum atomic E-state index is 1.25. The van der Waals surface area contributed by atoms with Gasteiger partial charge in [-0.1, -0.05) is 103 Å². The Kier molecular flexibility index (Phi) is 4.42. The maximum Gasteiger partial charge on any atom is 0.0361 e. The summed E-state index contributed by atoms with van der Waals surface area (Å²) in [5, 5.41) is 5.40. The second-order valence-electron chi connectivity index (χ2n) is 9.33. The Labute approximate surface area is 217 Å². The Balaban J connectivity index is 1.23. The number of fused-ring (bicyclic) bond motifs is 5. The van der Waals surface area contributed by atoms with Gasteiger partial charge in [-0.05, 0) is 69.1 Å². The van der Waals surface area contributed by atoms with Gasteiger partial charge >= 0.3 is 0 Å². The molecule has 0 bridgehead atoms. The molecule has 0 saturated carbocycles. The van der Waals surface area contributed by atoms with E-state index in [1.807, 2.05) is 23.1 Å². The molecule has 2 heteroatoms. The normalized spacial score (nSPS) is 12.3. The molecule has 0 atom stereocenters. The van der Waals surface area contributed by atoms with Crippen LogP contribution in [0.5, 0.6) is 0 Å². The summed E-state index contributed by atoms with van der Waals surface area (Å²) < 4.78 is 2.69. The van der Waals surface area contributed by atoms with Crippen LogP contribution in [0.3, 0.4) is 0 Å². The third-order valence-corrected chi connectivity index (χ3v) is 9.56. The largest absolute Gasteiger partial charge is 0.135 e. The molecular weight excluding hydrogens is 473 g/mol. The van der Waals surface area contributed by atoms with E-state index in [1.165, 1.54) is 74.1 Å². The summed E-state index contributed by atoms with van der Waals surface area (Å²) in [6.45, 7) is 0. The quantitative estimate of drug-likeness (QED) is 0.231. The molecule has 0 nitrogen and oxygen atoms in total. The number of hydrogen-bond donors (Lipinski definition) is 0. The lowest BCUT2D eigenvalue weighted by Crippen LogP contribution is -1.93. The number of rotatable bonds is 2. The lowest BCUT2D eigenvalue weighted by Gasteiger charge is -2.21. The van der Waals surface area contributed by atoms with E-state index in [0.29, 0.717) is 0 Å². The molecule has 2 heterocycles. The second-order valence-corrected chi connectivity index (χ2v) is 11.5. The van der Waals surface area contributed by atoms with E-state index >= 15 is 0 Å². The Morgan fingerprint density at radius 1 is 0.417 bits per heavy atom. The predicted molar refractivity (Wildman–Crippen MR) is 157 cm³/mol. The summed E-state index contributed by atoms with van der Waals surface area (Å²) in [7, 11) is 0. The van der Waals surface area contributed by atoms with Crippen LogP contribution in [0, 0.1) is 0 Å². The summed E-state index contributed by atoms with van der Waals surface area (Å²) in [6, 6.07) is 44.7. The van der Waals surface area contributed by atoms with Crippen molar-refractivity contribution in [1.82, 2.24) is 0 Å². The standard InChI is InChI=1S/C34H20S2/c1-2-11-29-27(8-1)34-25(9-5-13-32(34)35-29)22-16-14-21(15-17-22)24-18-19-30-28(20-24)26-10-3-6-23-7-4-12-31(36-30)33(23)26/h1-20H. The van der Waals surface area contributed by atoms with Crippen LogP contribution in [0.4, 0.5) is 0 Å². The van der Waals surface area contributed by atoms with Gasteiger partial charge in [-0.3, -0.25) is 0 Å². The van der Waals surface area contributed by atoms with Crippen molar-refractivity contribution >= 4 is 54.0 Å². The van der Waals surface area contributed by atoms with Gasteiger partial charge in [0.05, 0.1) is 0 Å². The number of benzene rings is 6. The first-order valence-corrected chi connectivity index (χ1v) is 13.8. The van der Waals surface area contributed by atoms with Gasteiger partial charge in [0.25, 0.3) is 0 Å². The Morgan fingerprint density at radius 3 is 2.06 bits per heavy atom. The molecule has 8 rings (SSSR count). The first kappa shape index (κ1) is 20.4. The Hall–Kier alpha value is -3.85. The molecule has 0 aliphatic carbocycles. The van der Waals surface area contributed by atoms with Crippen LogP contribution in [0.15, 0.2) is 131 Å². The summed E-state index contributed by atoms with van der Waals surface area (Å²) in [5.41, 5.74) is 7.75. The lowest BCUT2D eigenvalue weighted by molar-refractivity contribution is 1.39. The summed E-state index contributed by atoms with van der Waals surface area (Å²) in [6.07, 6.45) is 0. The molecule has 1 aliphatic heterocycles. The van der Waals surface area contributed by atoms with E-state index < -0.39 is 0 Å². The fourth-order valence-electron chi connectivity index (χ4n) is 5.60. The lowest BCUT2D eigenvalue weighted by atomic mass is 9.93. The van der Waals surface area contributed by atoms with Crippen molar-refractivity contribution in [3.8, 4) is 33.4 Å². The van der Waals surface area contributed by atoms with Gasteiger partial charge in [-0.2, -0.15) is 0 Å². The van der Waals surface area contributed by atoms with Crippen LogP contribution in [0.1, 0.15) is 0 Å². The SMILES string of the molecule is c1cc2c3c(cccc3c1)-c1cc(-c3ccc(-c4cccc5sc6ccccc6c45)cc3)ccc1S2. The van der Waals surface area contributed by atoms with E-state index in [9.17, 15) is 0 Å². The second kappa shape index (κ2) is 7.83. The monoisotopic (exact) mass is 492 g/mol. The van der Waals surface area contributed by atoms with Crippen LogP contribution >= 0.6 is 23.1 Å². The highest BCUT2D eigenvalue weighted by Crippen LogP contribution is 2.49. The third kappa shape index (κ3) is 3.02. The van der Waals surface area contributed by atoms with E-state index in [-0.39, 0.29) is 0 Å². The molecule has 0 radical (unpaired) electrons. The molecule has 6 aromatic carbocycles. The maximum atomic E-state index is 2.37. The minimum Gasteiger partial charge on any atom is -0.135 e. The molecule has 0 amide bonds. The van der Waals surface area contributed by atoms with E-state index in [0.717, 1.165) is 0 Å². The van der Waals surface area contributed by atoms with Crippen molar-refractivity contribution in [2.45, 2.75) is 9.79 Å². The molecule has 0 fully saturated rings. The number of hydrogen-bond acceptors (Lipinski definition) is 2. The van der Waals surface area contributed by atoms with Crippen LogP contribution < -0.4 is 0 Å². The van der Waals surface area contributed by atoms with Crippen molar-refractivity contribution in [1.29, 1.82) is 0 Å². The Bertz CT molecular complexity index is 1950. The molecule has 7 aromatic rings. The molecule has 36 heavy (non-hydrogen) atoms. The average molecular weight is 493 g/mol. The van der Waals surface area contributed by atoms with Crippen molar-refractivity contribution in [3.63, 3.8) is 0 Å². The average Bonchev–Trinajstić information content (AvgIpc) is 3.32. The van der Waals surface area contributed by atoms with Crippen molar-refractivity contribution in [2.75, 3.05) is 0 Å². The van der Waals surface area contributed by atoms with Crippen LogP contribution in [-0.2, 0) is 0 Å². The summed E-state index contributed by atoms with van der Waals surface area (Å²) in [5.74, 6) is 0. The van der Waals surface area contributed by atoms with Gasteiger partial charge in [0.1, 0.15) is 0 Å². The minimum absolute atomic E-state index is 1.25. The van der Waals surface area contributed by atoms with Crippen molar-refractivity contribution < 1.29 is 0 Å². The molecule has 0 N–H and O–H groups in total. The van der Waals surface area contributed by atoms with Crippen LogP contribution in [0.2, 0.25) is 0 Å². The first-order valence-electron chi connectivity index (χ1n) is 12.2. The zero-order valence-electron chi connectivity index (χ0n) is 19.4. The first-order chi connectivity index (χ1) is 17.8. The van der Waals surface area contributed by atoms with E-state index in [4.69, 9.17) is 0 Å². The van der Waals surface area contributed by atoms with Gasteiger partial charge in [0.2, 0.25) is 0 Å². The van der Waals surface area contributed by atoms with Crippen LogP contribution in [0.25, 0.3) is 64.3 Å².